The molecule has 1 aliphatic rings. The summed E-state index contributed by atoms with van der Waals surface area (Å²) in [6.45, 7) is 6.29. The maximum Gasteiger partial charge on any atom is 0.242 e. The van der Waals surface area contributed by atoms with E-state index in [0.29, 0.717) is 26.2 Å². The molecule has 0 spiro atoms. The van der Waals surface area contributed by atoms with Crippen molar-refractivity contribution in [3.8, 4) is 6.07 Å². The number of amides is 1. The molecule has 1 saturated heterocycles. The summed E-state index contributed by atoms with van der Waals surface area (Å²) in [5.74, 6) is -0.274. The largest absolute Gasteiger partial charge is 0.368 e. The van der Waals surface area contributed by atoms with Crippen LogP contribution in [-0.4, -0.2) is 51.9 Å². The summed E-state index contributed by atoms with van der Waals surface area (Å²) >= 11 is 0. The summed E-state index contributed by atoms with van der Waals surface area (Å²) in [5.41, 5.74) is 3.68. The predicted octanol–water partition coefficient (Wildman–Crippen LogP) is 1.80. The molecule has 2 aromatic carbocycles. The van der Waals surface area contributed by atoms with Crippen molar-refractivity contribution >= 4 is 21.6 Å². The van der Waals surface area contributed by atoms with E-state index in [1.165, 1.54) is 28.9 Å². The second-order valence-corrected chi connectivity index (χ2v) is 8.75. The first-order chi connectivity index (χ1) is 13.8. The van der Waals surface area contributed by atoms with Gasteiger partial charge in [-0.1, -0.05) is 24.3 Å². The van der Waals surface area contributed by atoms with E-state index in [0.717, 1.165) is 0 Å². The van der Waals surface area contributed by atoms with E-state index in [9.17, 15) is 13.2 Å². The zero-order valence-corrected chi connectivity index (χ0v) is 17.4. The van der Waals surface area contributed by atoms with Crippen LogP contribution in [0.2, 0.25) is 0 Å². The highest BCUT2D eigenvalue weighted by atomic mass is 32.2. The lowest BCUT2D eigenvalue weighted by molar-refractivity contribution is -0.130. The number of carbonyl (C=O) groups excluding carboxylic acids is 1. The first-order valence-corrected chi connectivity index (χ1v) is 10.9. The summed E-state index contributed by atoms with van der Waals surface area (Å²) in [4.78, 5) is 16.3. The van der Waals surface area contributed by atoms with Crippen LogP contribution < -0.4 is 9.62 Å². The van der Waals surface area contributed by atoms with Crippen LogP contribution in [0, 0.1) is 25.2 Å². The van der Waals surface area contributed by atoms with Crippen molar-refractivity contribution in [1.29, 1.82) is 5.26 Å². The number of nitrogens with one attached hydrogen (secondary N) is 1. The van der Waals surface area contributed by atoms with Gasteiger partial charge in [0.05, 0.1) is 17.0 Å². The molecule has 0 unspecified atom stereocenters. The number of hydrogen-bond acceptors (Lipinski definition) is 5. The van der Waals surface area contributed by atoms with Crippen LogP contribution >= 0.6 is 0 Å². The van der Waals surface area contributed by atoms with Crippen LogP contribution in [0.15, 0.2) is 47.4 Å². The number of rotatable bonds is 5. The Morgan fingerprint density at radius 3 is 2.45 bits per heavy atom. The summed E-state index contributed by atoms with van der Waals surface area (Å²) < 4.78 is 27.3. The van der Waals surface area contributed by atoms with Crippen molar-refractivity contribution < 1.29 is 13.2 Å². The Bertz CT molecular complexity index is 1050. The minimum Gasteiger partial charge on any atom is -0.368 e. The van der Waals surface area contributed by atoms with Gasteiger partial charge >= 0.3 is 0 Å². The fraction of sp³-hybridized carbons (Fsp3) is 0.333. The minimum absolute atomic E-state index is 0.0505. The van der Waals surface area contributed by atoms with Gasteiger partial charge in [0.1, 0.15) is 6.07 Å². The summed E-state index contributed by atoms with van der Waals surface area (Å²) in [6.07, 6.45) is 0. The van der Waals surface area contributed by atoms with E-state index in [1.807, 2.05) is 12.1 Å². The monoisotopic (exact) mass is 412 g/mol. The molecule has 1 fully saturated rings. The van der Waals surface area contributed by atoms with Crippen molar-refractivity contribution in [1.82, 2.24) is 9.62 Å². The maximum absolute atomic E-state index is 12.5. The quantitative estimate of drug-likeness (QED) is 0.808. The van der Waals surface area contributed by atoms with Crippen molar-refractivity contribution in [2.75, 3.05) is 37.6 Å². The van der Waals surface area contributed by atoms with Gasteiger partial charge in [-0.3, -0.25) is 4.79 Å². The molecule has 0 radical (unpaired) electrons. The normalized spacial score (nSPS) is 14.5. The van der Waals surface area contributed by atoms with Gasteiger partial charge in [0.15, 0.2) is 0 Å². The van der Waals surface area contributed by atoms with Crippen LogP contribution in [0.1, 0.15) is 16.7 Å². The second kappa shape index (κ2) is 8.64. The van der Waals surface area contributed by atoms with E-state index in [4.69, 9.17) is 5.26 Å². The van der Waals surface area contributed by atoms with E-state index in [1.54, 1.807) is 17.0 Å². The van der Waals surface area contributed by atoms with Crippen LogP contribution in [0.25, 0.3) is 0 Å². The van der Waals surface area contributed by atoms with E-state index in [-0.39, 0.29) is 22.9 Å². The Kier molecular flexibility index (Phi) is 6.20. The van der Waals surface area contributed by atoms with E-state index < -0.39 is 10.0 Å². The molecule has 0 atom stereocenters. The molecular formula is C21H24N4O3S. The maximum atomic E-state index is 12.5. The van der Waals surface area contributed by atoms with E-state index in [2.05, 4.69) is 35.6 Å². The van der Waals surface area contributed by atoms with Gasteiger partial charge in [0.2, 0.25) is 15.9 Å². The second-order valence-electron chi connectivity index (χ2n) is 7.02. The van der Waals surface area contributed by atoms with Crippen LogP contribution in [-0.2, 0) is 14.8 Å². The van der Waals surface area contributed by atoms with Crippen molar-refractivity contribution in [3.05, 3.63) is 59.2 Å². The number of nitrogens with zero attached hydrogens (tertiary/aromatic N) is 3. The van der Waals surface area contributed by atoms with E-state index >= 15 is 0 Å². The van der Waals surface area contributed by atoms with Gasteiger partial charge in [-0.05, 0) is 43.2 Å². The highest BCUT2D eigenvalue weighted by Gasteiger charge is 2.24. The molecular weight excluding hydrogens is 388 g/mol. The number of anilines is 1. The van der Waals surface area contributed by atoms with Crippen molar-refractivity contribution in [2.24, 2.45) is 0 Å². The highest BCUT2D eigenvalue weighted by molar-refractivity contribution is 7.89. The van der Waals surface area contributed by atoms with Crippen molar-refractivity contribution in [2.45, 2.75) is 18.7 Å². The predicted molar refractivity (Wildman–Crippen MR) is 111 cm³/mol. The molecule has 29 heavy (non-hydrogen) atoms. The lowest BCUT2D eigenvalue weighted by Gasteiger charge is -2.37. The third-order valence-electron chi connectivity index (χ3n) is 5.26. The number of nitriles is 1. The molecule has 0 aliphatic carbocycles. The highest BCUT2D eigenvalue weighted by Crippen LogP contribution is 2.24. The lowest BCUT2D eigenvalue weighted by Crippen LogP contribution is -2.51. The molecule has 152 valence electrons. The number of piperazine rings is 1. The Balaban J connectivity index is 1.59. The summed E-state index contributed by atoms with van der Waals surface area (Å²) in [5, 5.41) is 9.10. The molecule has 1 amide bonds. The zero-order chi connectivity index (χ0) is 21.0. The molecule has 0 aromatic heterocycles. The van der Waals surface area contributed by atoms with Gasteiger partial charge in [-0.2, -0.15) is 5.26 Å². The first kappa shape index (κ1) is 20.8. The fourth-order valence-corrected chi connectivity index (χ4v) is 4.54. The SMILES string of the molecule is Cc1cccc(N2CCN(C(=O)CNS(=O)(=O)c3ccccc3C#N)CC2)c1C. The number of benzene rings is 2. The van der Waals surface area contributed by atoms with Gasteiger partial charge in [0.25, 0.3) is 0 Å². The molecule has 3 rings (SSSR count). The first-order valence-electron chi connectivity index (χ1n) is 9.41. The zero-order valence-electron chi connectivity index (χ0n) is 16.6. The number of hydrogen-bond donors (Lipinski definition) is 1. The van der Waals surface area contributed by atoms with Gasteiger partial charge in [-0.15, -0.1) is 0 Å². The number of aryl methyl sites for hydroxylation is 1. The van der Waals surface area contributed by atoms with Crippen LogP contribution in [0.5, 0.6) is 0 Å². The Morgan fingerprint density at radius 1 is 1.07 bits per heavy atom. The third-order valence-corrected chi connectivity index (χ3v) is 6.72. The number of carbonyl (C=O) groups is 1. The van der Waals surface area contributed by atoms with Crippen molar-refractivity contribution in [3.63, 3.8) is 0 Å². The fourth-order valence-electron chi connectivity index (χ4n) is 3.41. The third kappa shape index (κ3) is 4.58. The Hall–Kier alpha value is -2.89. The molecule has 7 nitrogen and oxygen atoms in total. The average Bonchev–Trinajstić information content (AvgIpc) is 2.74. The lowest BCUT2D eigenvalue weighted by atomic mass is 10.1. The number of sulfonamides is 1. The molecule has 0 bridgehead atoms. The Morgan fingerprint density at radius 2 is 1.76 bits per heavy atom. The van der Waals surface area contributed by atoms with Gasteiger partial charge < -0.3 is 9.80 Å². The molecule has 1 heterocycles. The minimum atomic E-state index is -3.93. The average molecular weight is 413 g/mol. The summed E-state index contributed by atoms with van der Waals surface area (Å²) in [6, 6.07) is 14.0. The smallest absolute Gasteiger partial charge is 0.242 e. The molecule has 1 N–H and O–H groups in total. The van der Waals surface area contributed by atoms with Gasteiger partial charge in [0, 0.05) is 31.9 Å². The van der Waals surface area contributed by atoms with Crippen LogP contribution in [0.3, 0.4) is 0 Å². The van der Waals surface area contributed by atoms with Gasteiger partial charge in [-0.25, -0.2) is 13.1 Å². The molecule has 8 heteroatoms. The standard InChI is InChI=1S/C21H24N4O3S/c1-16-6-5-8-19(17(16)2)24-10-12-25(13-11-24)21(26)15-23-29(27,28)20-9-4-3-7-18(20)14-22/h3-9,23H,10-13,15H2,1-2H3. The molecule has 2 aromatic rings. The summed E-state index contributed by atoms with van der Waals surface area (Å²) in [7, 11) is -3.93. The van der Waals surface area contributed by atoms with Crippen LogP contribution in [0.4, 0.5) is 5.69 Å². The Labute approximate surface area is 171 Å². The molecule has 1 aliphatic heterocycles. The topological polar surface area (TPSA) is 93.5 Å². The molecule has 0 saturated carbocycles.